The minimum Gasteiger partial charge on any atom is -0.497 e. The molecule has 8 heteroatoms. The highest BCUT2D eigenvalue weighted by Gasteiger charge is 2.33. The van der Waals surface area contributed by atoms with Gasteiger partial charge in [-0.05, 0) is 56.7 Å². The number of aromatic nitrogens is 3. The summed E-state index contributed by atoms with van der Waals surface area (Å²) in [6.07, 6.45) is 2.14. The first-order valence-electron chi connectivity index (χ1n) is 10.7. The van der Waals surface area contributed by atoms with Crippen LogP contribution >= 0.6 is 0 Å². The Kier molecular flexibility index (Phi) is 5.17. The van der Waals surface area contributed by atoms with E-state index in [1.165, 1.54) is 4.31 Å². The van der Waals surface area contributed by atoms with Crippen LogP contribution in [0.5, 0.6) is 5.75 Å². The standard InChI is InChI=1S/C25H24N4O3S/c1-17-9-11-21(12-10-17)33(30,31)28-15-13-22-18(2)29(19-6-4-7-20(16-19)32-3)27-24(22)23-8-5-14-26-25(23)28/h4-12,14,16H,13,15H2,1-3H3. The molecule has 5 rings (SSSR count). The zero-order valence-corrected chi connectivity index (χ0v) is 19.5. The summed E-state index contributed by atoms with van der Waals surface area (Å²) in [6, 6.07) is 18.3. The number of methoxy groups -OCH3 is 1. The fourth-order valence-corrected chi connectivity index (χ4v) is 5.65. The van der Waals surface area contributed by atoms with Crippen LogP contribution in [0.25, 0.3) is 16.9 Å². The molecule has 0 aliphatic carbocycles. The van der Waals surface area contributed by atoms with Gasteiger partial charge in [-0.3, -0.25) is 0 Å². The van der Waals surface area contributed by atoms with Gasteiger partial charge in [0.2, 0.25) is 0 Å². The third-order valence-corrected chi connectivity index (χ3v) is 7.79. The van der Waals surface area contributed by atoms with Crippen LogP contribution in [0.15, 0.2) is 71.8 Å². The molecule has 33 heavy (non-hydrogen) atoms. The van der Waals surface area contributed by atoms with Crippen molar-refractivity contribution < 1.29 is 13.2 Å². The van der Waals surface area contributed by atoms with E-state index in [2.05, 4.69) is 4.98 Å². The molecule has 2 aromatic heterocycles. The third-order valence-electron chi connectivity index (χ3n) is 5.99. The molecule has 0 saturated carbocycles. The van der Waals surface area contributed by atoms with Crippen molar-refractivity contribution in [2.24, 2.45) is 0 Å². The highest BCUT2D eigenvalue weighted by molar-refractivity contribution is 7.92. The predicted molar refractivity (Wildman–Crippen MR) is 127 cm³/mol. The number of ether oxygens (including phenoxy) is 1. The summed E-state index contributed by atoms with van der Waals surface area (Å²) in [6.45, 7) is 4.21. The van der Waals surface area contributed by atoms with E-state index in [4.69, 9.17) is 9.84 Å². The molecule has 4 aromatic rings. The number of pyridine rings is 1. The quantitative estimate of drug-likeness (QED) is 0.454. The topological polar surface area (TPSA) is 77.3 Å². The Morgan fingerprint density at radius 1 is 1.00 bits per heavy atom. The average molecular weight is 461 g/mol. The third kappa shape index (κ3) is 3.56. The zero-order valence-electron chi connectivity index (χ0n) is 18.7. The number of fused-ring (bicyclic) bond motifs is 3. The lowest BCUT2D eigenvalue weighted by molar-refractivity contribution is 0.414. The Morgan fingerprint density at radius 2 is 1.79 bits per heavy atom. The van der Waals surface area contributed by atoms with Gasteiger partial charge in [0.25, 0.3) is 10.0 Å². The van der Waals surface area contributed by atoms with E-state index in [0.29, 0.717) is 17.8 Å². The minimum atomic E-state index is -3.78. The normalized spacial score (nSPS) is 13.2. The highest BCUT2D eigenvalue weighted by Crippen LogP contribution is 2.38. The Balaban J connectivity index is 1.64. The Morgan fingerprint density at radius 3 is 2.55 bits per heavy atom. The molecule has 168 valence electrons. The summed E-state index contributed by atoms with van der Waals surface area (Å²) in [5.41, 5.74) is 5.31. The Bertz CT molecular complexity index is 1440. The van der Waals surface area contributed by atoms with E-state index in [-0.39, 0.29) is 11.4 Å². The van der Waals surface area contributed by atoms with Crippen molar-refractivity contribution in [3.63, 3.8) is 0 Å². The predicted octanol–water partition coefficient (Wildman–Crippen LogP) is 4.31. The van der Waals surface area contributed by atoms with Gasteiger partial charge in [-0.25, -0.2) is 22.4 Å². The fraction of sp³-hybridized carbons (Fsp3) is 0.200. The number of rotatable bonds is 4. The van der Waals surface area contributed by atoms with Crippen LogP contribution in [-0.2, 0) is 16.4 Å². The number of sulfonamides is 1. The maximum Gasteiger partial charge on any atom is 0.265 e. The summed E-state index contributed by atoms with van der Waals surface area (Å²) in [5, 5.41) is 4.90. The fourth-order valence-electron chi connectivity index (χ4n) is 4.22. The maximum atomic E-state index is 13.6. The number of anilines is 1. The molecule has 1 aliphatic heterocycles. The molecule has 0 fully saturated rings. The monoisotopic (exact) mass is 460 g/mol. The molecule has 3 heterocycles. The summed E-state index contributed by atoms with van der Waals surface area (Å²) in [4.78, 5) is 4.74. The van der Waals surface area contributed by atoms with Gasteiger partial charge in [-0.2, -0.15) is 5.10 Å². The van der Waals surface area contributed by atoms with Crippen LogP contribution in [0.1, 0.15) is 16.8 Å². The molecule has 0 spiro atoms. The van der Waals surface area contributed by atoms with Crippen molar-refractivity contribution in [1.82, 2.24) is 14.8 Å². The summed E-state index contributed by atoms with van der Waals surface area (Å²) in [7, 11) is -2.14. The molecule has 7 nitrogen and oxygen atoms in total. The van der Waals surface area contributed by atoms with Crippen molar-refractivity contribution in [3.8, 4) is 22.7 Å². The van der Waals surface area contributed by atoms with Crippen LogP contribution in [0, 0.1) is 13.8 Å². The van der Waals surface area contributed by atoms with E-state index in [0.717, 1.165) is 34.0 Å². The molecule has 0 atom stereocenters. The first kappa shape index (κ1) is 21.2. The van der Waals surface area contributed by atoms with Gasteiger partial charge >= 0.3 is 0 Å². The second-order valence-corrected chi connectivity index (χ2v) is 9.90. The van der Waals surface area contributed by atoms with Gasteiger partial charge in [0.15, 0.2) is 5.82 Å². The van der Waals surface area contributed by atoms with E-state index < -0.39 is 10.0 Å². The highest BCUT2D eigenvalue weighted by atomic mass is 32.2. The van der Waals surface area contributed by atoms with Crippen LogP contribution in [0.4, 0.5) is 5.82 Å². The maximum absolute atomic E-state index is 13.6. The average Bonchev–Trinajstić information content (AvgIpc) is 3.05. The van der Waals surface area contributed by atoms with Gasteiger partial charge in [0, 0.05) is 35.6 Å². The van der Waals surface area contributed by atoms with Crippen molar-refractivity contribution in [2.75, 3.05) is 18.0 Å². The first-order chi connectivity index (χ1) is 15.9. The van der Waals surface area contributed by atoms with Gasteiger partial charge in [-0.1, -0.05) is 23.8 Å². The molecule has 0 N–H and O–H groups in total. The van der Waals surface area contributed by atoms with Crippen LogP contribution in [0.3, 0.4) is 0 Å². The number of benzene rings is 2. The van der Waals surface area contributed by atoms with E-state index in [9.17, 15) is 8.42 Å². The first-order valence-corrected chi connectivity index (χ1v) is 12.1. The van der Waals surface area contributed by atoms with Crippen LogP contribution < -0.4 is 9.04 Å². The Labute approximate surface area is 193 Å². The van der Waals surface area contributed by atoms with Crippen molar-refractivity contribution in [3.05, 3.63) is 83.7 Å². The minimum absolute atomic E-state index is 0.252. The van der Waals surface area contributed by atoms with Gasteiger partial charge < -0.3 is 4.74 Å². The lowest BCUT2D eigenvalue weighted by Gasteiger charge is -2.23. The van der Waals surface area contributed by atoms with Crippen molar-refractivity contribution in [2.45, 2.75) is 25.2 Å². The lowest BCUT2D eigenvalue weighted by Crippen LogP contribution is -2.33. The largest absolute Gasteiger partial charge is 0.497 e. The second kappa shape index (κ2) is 8.04. The number of hydrogen-bond acceptors (Lipinski definition) is 5. The van der Waals surface area contributed by atoms with E-state index in [1.807, 2.05) is 67.1 Å². The lowest BCUT2D eigenvalue weighted by atomic mass is 10.1. The van der Waals surface area contributed by atoms with Gasteiger partial charge in [0.05, 0.1) is 17.7 Å². The van der Waals surface area contributed by atoms with Crippen molar-refractivity contribution in [1.29, 1.82) is 0 Å². The summed E-state index contributed by atoms with van der Waals surface area (Å²) >= 11 is 0. The van der Waals surface area contributed by atoms with Gasteiger partial charge in [-0.15, -0.1) is 0 Å². The molecular formula is C25H24N4O3S. The number of hydrogen-bond donors (Lipinski definition) is 0. The van der Waals surface area contributed by atoms with Crippen molar-refractivity contribution >= 4 is 15.8 Å². The molecule has 1 aliphatic rings. The molecule has 0 amide bonds. The van der Waals surface area contributed by atoms with Crippen LogP contribution in [0.2, 0.25) is 0 Å². The molecule has 0 bridgehead atoms. The molecule has 0 unspecified atom stereocenters. The van der Waals surface area contributed by atoms with Crippen LogP contribution in [-0.4, -0.2) is 36.8 Å². The molecular weight excluding hydrogens is 436 g/mol. The molecule has 2 aromatic carbocycles. The SMILES string of the molecule is COc1cccc(-n2nc3c(c2C)CCN(S(=O)(=O)c2ccc(C)cc2)c2ncccc2-3)c1. The van der Waals surface area contributed by atoms with E-state index in [1.54, 1.807) is 25.4 Å². The Hall–Kier alpha value is -3.65. The number of nitrogens with zero attached hydrogens (tertiary/aromatic N) is 4. The smallest absolute Gasteiger partial charge is 0.265 e. The zero-order chi connectivity index (χ0) is 23.2. The molecule has 0 radical (unpaired) electrons. The van der Waals surface area contributed by atoms with Gasteiger partial charge in [0.1, 0.15) is 11.4 Å². The second-order valence-electron chi connectivity index (χ2n) is 8.04. The number of aryl methyl sites for hydroxylation is 1. The summed E-state index contributed by atoms with van der Waals surface area (Å²) < 4.78 is 35.8. The van der Waals surface area contributed by atoms with E-state index >= 15 is 0 Å². The molecule has 0 saturated heterocycles. The summed E-state index contributed by atoms with van der Waals surface area (Å²) in [5.74, 6) is 1.14.